The summed E-state index contributed by atoms with van der Waals surface area (Å²) in [4.78, 5) is 21.0. The van der Waals surface area contributed by atoms with E-state index in [-0.39, 0.29) is 18.2 Å². The van der Waals surface area contributed by atoms with E-state index in [1.807, 2.05) is 0 Å². The lowest BCUT2D eigenvalue weighted by Gasteiger charge is -2.34. The quantitative estimate of drug-likeness (QED) is 0.791. The van der Waals surface area contributed by atoms with Gasteiger partial charge in [-0.2, -0.15) is 0 Å². The second kappa shape index (κ2) is 5.60. The largest absolute Gasteiger partial charge is 0.368 e. The molecule has 3 N–H and O–H groups in total. The van der Waals surface area contributed by atoms with Crippen LogP contribution in [0.2, 0.25) is 0 Å². The van der Waals surface area contributed by atoms with Gasteiger partial charge in [-0.3, -0.25) is 9.69 Å². The van der Waals surface area contributed by atoms with E-state index in [1.54, 1.807) is 0 Å². The zero-order valence-corrected chi connectivity index (χ0v) is 10.8. The third-order valence-corrected chi connectivity index (χ3v) is 3.25. The van der Waals surface area contributed by atoms with Crippen LogP contribution < -0.4 is 11.3 Å². The van der Waals surface area contributed by atoms with E-state index in [9.17, 15) is 4.79 Å². The number of ether oxygens (including phenoxy) is 1. The van der Waals surface area contributed by atoms with Gasteiger partial charge in [-0.05, 0) is 13.8 Å². The number of nitrogens with zero attached hydrogens (tertiary/aromatic N) is 2. The first kappa shape index (κ1) is 13.2. The van der Waals surface area contributed by atoms with Crippen molar-refractivity contribution in [1.29, 1.82) is 0 Å². The Morgan fingerprint density at radius 1 is 1.67 bits per heavy atom. The van der Waals surface area contributed by atoms with Crippen LogP contribution in [0.3, 0.4) is 0 Å². The Morgan fingerprint density at radius 2 is 2.44 bits per heavy atom. The first-order chi connectivity index (χ1) is 8.61. The highest BCUT2D eigenvalue weighted by Gasteiger charge is 2.25. The molecule has 1 aromatic rings. The van der Waals surface area contributed by atoms with Gasteiger partial charge in [-0.15, -0.1) is 0 Å². The summed E-state index contributed by atoms with van der Waals surface area (Å²) in [6.07, 6.45) is 1.37. The van der Waals surface area contributed by atoms with Crippen molar-refractivity contribution in [1.82, 2.24) is 14.9 Å². The van der Waals surface area contributed by atoms with E-state index < -0.39 is 0 Å². The molecule has 0 aromatic carbocycles. The van der Waals surface area contributed by atoms with Crippen LogP contribution in [0.5, 0.6) is 0 Å². The van der Waals surface area contributed by atoms with Gasteiger partial charge >= 0.3 is 0 Å². The number of hydrogen-bond acceptors (Lipinski definition) is 5. The minimum atomic E-state index is -0.173. The minimum Gasteiger partial charge on any atom is -0.368 e. The lowest BCUT2D eigenvalue weighted by molar-refractivity contribution is -0.0444. The molecular formula is C12H20N4O2. The standard InChI is InChI=1S/C12H20N4O2/c1-8(2)16-3-4-18-10(7-16)11-14-6-9(5-13)12(17)15-11/h6,8,10H,3-5,7,13H2,1-2H3,(H,14,15,17). The lowest BCUT2D eigenvalue weighted by Crippen LogP contribution is -2.43. The van der Waals surface area contributed by atoms with Gasteiger partial charge in [0.1, 0.15) is 11.9 Å². The molecular weight excluding hydrogens is 232 g/mol. The average molecular weight is 252 g/mol. The number of morpholine rings is 1. The molecule has 1 fully saturated rings. The van der Waals surface area contributed by atoms with Crippen LogP contribution in [0.25, 0.3) is 0 Å². The maximum atomic E-state index is 11.7. The molecule has 2 rings (SSSR count). The zero-order chi connectivity index (χ0) is 13.1. The maximum Gasteiger partial charge on any atom is 0.255 e. The third-order valence-electron chi connectivity index (χ3n) is 3.25. The van der Waals surface area contributed by atoms with Crippen LogP contribution in [0.4, 0.5) is 0 Å². The van der Waals surface area contributed by atoms with Crippen molar-refractivity contribution in [3.05, 3.63) is 27.9 Å². The fourth-order valence-electron chi connectivity index (χ4n) is 2.05. The van der Waals surface area contributed by atoms with Crippen LogP contribution in [-0.2, 0) is 11.3 Å². The Hall–Kier alpha value is -1.24. The van der Waals surface area contributed by atoms with E-state index in [4.69, 9.17) is 10.5 Å². The summed E-state index contributed by atoms with van der Waals surface area (Å²) >= 11 is 0. The molecule has 1 saturated heterocycles. The summed E-state index contributed by atoms with van der Waals surface area (Å²) in [5.41, 5.74) is 5.76. The number of aromatic amines is 1. The second-order valence-corrected chi connectivity index (χ2v) is 4.78. The molecule has 0 radical (unpaired) electrons. The number of H-pyrrole nitrogens is 1. The summed E-state index contributed by atoms with van der Waals surface area (Å²) in [5.74, 6) is 0.586. The first-order valence-corrected chi connectivity index (χ1v) is 6.25. The Kier molecular flexibility index (Phi) is 4.11. The van der Waals surface area contributed by atoms with E-state index in [0.717, 1.165) is 13.1 Å². The molecule has 1 aliphatic rings. The molecule has 1 aliphatic heterocycles. The molecule has 0 bridgehead atoms. The molecule has 1 unspecified atom stereocenters. The molecule has 2 heterocycles. The fourth-order valence-corrected chi connectivity index (χ4v) is 2.05. The van der Waals surface area contributed by atoms with Gasteiger partial charge in [0.25, 0.3) is 5.56 Å². The van der Waals surface area contributed by atoms with Crippen molar-refractivity contribution >= 4 is 0 Å². The number of hydrogen-bond donors (Lipinski definition) is 2. The normalized spacial score (nSPS) is 21.4. The molecule has 0 aliphatic carbocycles. The molecule has 6 heteroatoms. The Balaban J connectivity index is 2.16. The lowest BCUT2D eigenvalue weighted by atomic mass is 10.2. The summed E-state index contributed by atoms with van der Waals surface area (Å²) in [6.45, 7) is 6.82. The smallest absolute Gasteiger partial charge is 0.255 e. The predicted octanol–water partition coefficient (Wildman–Crippen LogP) is 0.0103. The minimum absolute atomic E-state index is 0.166. The van der Waals surface area contributed by atoms with E-state index in [0.29, 0.717) is 24.0 Å². The Morgan fingerprint density at radius 3 is 3.06 bits per heavy atom. The molecule has 0 saturated carbocycles. The van der Waals surface area contributed by atoms with Gasteiger partial charge in [0.15, 0.2) is 0 Å². The fraction of sp³-hybridized carbons (Fsp3) is 0.667. The van der Waals surface area contributed by atoms with Gasteiger partial charge in [-0.25, -0.2) is 4.98 Å². The number of nitrogens with two attached hydrogens (primary N) is 1. The predicted molar refractivity (Wildman–Crippen MR) is 68.2 cm³/mol. The molecule has 18 heavy (non-hydrogen) atoms. The van der Waals surface area contributed by atoms with Crippen LogP contribution in [0, 0.1) is 0 Å². The molecule has 0 amide bonds. The van der Waals surface area contributed by atoms with Gasteiger partial charge in [-0.1, -0.05) is 0 Å². The second-order valence-electron chi connectivity index (χ2n) is 4.78. The average Bonchev–Trinajstić information content (AvgIpc) is 2.38. The monoisotopic (exact) mass is 252 g/mol. The van der Waals surface area contributed by atoms with E-state index in [1.165, 1.54) is 6.20 Å². The first-order valence-electron chi connectivity index (χ1n) is 6.25. The molecule has 1 atom stereocenters. The van der Waals surface area contributed by atoms with Crippen LogP contribution in [-0.4, -0.2) is 40.6 Å². The van der Waals surface area contributed by atoms with E-state index in [2.05, 4.69) is 28.7 Å². The highest BCUT2D eigenvalue weighted by atomic mass is 16.5. The Labute approximate surface area is 106 Å². The van der Waals surface area contributed by atoms with Crippen molar-refractivity contribution in [2.24, 2.45) is 5.73 Å². The van der Waals surface area contributed by atoms with Crippen molar-refractivity contribution in [3.63, 3.8) is 0 Å². The highest BCUT2D eigenvalue weighted by molar-refractivity contribution is 5.07. The van der Waals surface area contributed by atoms with Crippen molar-refractivity contribution in [2.45, 2.75) is 32.5 Å². The summed E-state index contributed by atoms with van der Waals surface area (Å²) < 4.78 is 5.67. The topological polar surface area (TPSA) is 84.2 Å². The van der Waals surface area contributed by atoms with Gasteiger partial charge < -0.3 is 15.5 Å². The molecule has 1 aromatic heterocycles. The maximum absolute atomic E-state index is 11.7. The van der Waals surface area contributed by atoms with Crippen LogP contribution in [0.15, 0.2) is 11.0 Å². The summed E-state index contributed by atoms with van der Waals surface area (Å²) in [6, 6.07) is 0.464. The number of aromatic nitrogens is 2. The SMILES string of the molecule is CC(C)N1CCOC(c2ncc(CN)c(=O)[nH]2)C1. The third kappa shape index (κ3) is 2.77. The van der Waals surface area contributed by atoms with E-state index >= 15 is 0 Å². The van der Waals surface area contributed by atoms with Gasteiger partial charge in [0.2, 0.25) is 0 Å². The molecule has 6 nitrogen and oxygen atoms in total. The molecule has 0 spiro atoms. The number of nitrogens with one attached hydrogen (secondary N) is 1. The van der Waals surface area contributed by atoms with Gasteiger partial charge in [0, 0.05) is 37.4 Å². The van der Waals surface area contributed by atoms with Crippen molar-refractivity contribution in [2.75, 3.05) is 19.7 Å². The molecule has 100 valence electrons. The van der Waals surface area contributed by atoms with Crippen LogP contribution in [0.1, 0.15) is 31.3 Å². The van der Waals surface area contributed by atoms with Crippen molar-refractivity contribution < 1.29 is 4.74 Å². The van der Waals surface area contributed by atoms with Crippen LogP contribution >= 0.6 is 0 Å². The number of rotatable bonds is 3. The Bertz CT molecular complexity index is 458. The van der Waals surface area contributed by atoms with Crippen molar-refractivity contribution in [3.8, 4) is 0 Å². The summed E-state index contributed by atoms with van der Waals surface area (Å²) in [7, 11) is 0. The summed E-state index contributed by atoms with van der Waals surface area (Å²) in [5, 5.41) is 0. The van der Waals surface area contributed by atoms with Gasteiger partial charge in [0.05, 0.1) is 6.61 Å². The highest BCUT2D eigenvalue weighted by Crippen LogP contribution is 2.19. The zero-order valence-electron chi connectivity index (χ0n) is 10.8.